The number of amides is 1. The quantitative estimate of drug-likeness (QED) is 0.865. The zero-order valence-electron chi connectivity index (χ0n) is 12.3. The molecule has 0 aliphatic heterocycles. The number of aliphatic carboxylic acids is 1. The van der Waals surface area contributed by atoms with E-state index in [1.54, 1.807) is 19.1 Å². The Morgan fingerprint density at radius 1 is 1.25 bits per heavy atom. The van der Waals surface area contributed by atoms with Crippen molar-refractivity contribution in [3.63, 3.8) is 0 Å². The van der Waals surface area contributed by atoms with E-state index in [-0.39, 0.29) is 12.5 Å². The van der Waals surface area contributed by atoms with Crippen LogP contribution in [0.5, 0.6) is 5.75 Å². The molecule has 0 saturated carbocycles. The number of carboxylic acids is 1. The van der Waals surface area contributed by atoms with Crippen molar-refractivity contribution in [1.29, 1.82) is 0 Å². The van der Waals surface area contributed by atoms with Crippen molar-refractivity contribution < 1.29 is 19.4 Å². The number of hydrogen-bond donors (Lipinski definition) is 1. The first-order valence-corrected chi connectivity index (χ1v) is 6.52. The second kappa shape index (κ2) is 6.41. The zero-order valence-corrected chi connectivity index (χ0v) is 12.3. The molecule has 1 aromatic carbocycles. The molecular weight excluding hydrogens is 258 g/mol. The molecule has 110 valence electrons. The van der Waals surface area contributed by atoms with E-state index in [1.807, 2.05) is 19.1 Å². The number of carboxylic acid groups (broad SMARTS) is 1. The van der Waals surface area contributed by atoms with Gasteiger partial charge in [0.05, 0.1) is 0 Å². The molecule has 0 aliphatic rings. The third-order valence-corrected chi connectivity index (χ3v) is 3.20. The molecule has 0 radical (unpaired) electrons. The number of likely N-dealkylation sites (N-methyl/N-ethyl adjacent to an activating group) is 1. The third-order valence-electron chi connectivity index (χ3n) is 3.20. The van der Waals surface area contributed by atoms with Crippen molar-refractivity contribution in [2.45, 2.75) is 33.2 Å². The Balaban J connectivity index is 2.69. The van der Waals surface area contributed by atoms with Crippen LogP contribution in [-0.2, 0) is 9.59 Å². The van der Waals surface area contributed by atoms with Crippen LogP contribution >= 0.6 is 0 Å². The smallest absolute Gasteiger partial charge is 0.329 e. The van der Waals surface area contributed by atoms with Gasteiger partial charge in [-0.25, -0.2) is 4.79 Å². The highest BCUT2D eigenvalue weighted by Gasteiger charge is 2.36. The molecule has 0 unspecified atom stereocenters. The van der Waals surface area contributed by atoms with Gasteiger partial charge >= 0.3 is 5.97 Å². The molecule has 1 rings (SSSR count). The summed E-state index contributed by atoms with van der Waals surface area (Å²) in [5, 5.41) is 9.17. The largest absolute Gasteiger partial charge is 0.484 e. The number of rotatable bonds is 6. The number of carbonyl (C=O) groups excluding carboxylic acids is 1. The zero-order chi connectivity index (χ0) is 15.3. The summed E-state index contributed by atoms with van der Waals surface area (Å²) < 4.78 is 5.40. The van der Waals surface area contributed by atoms with E-state index < -0.39 is 11.5 Å². The van der Waals surface area contributed by atoms with E-state index in [2.05, 4.69) is 0 Å². The Kier molecular flexibility index (Phi) is 5.13. The molecule has 0 saturated heterocycles. The van der Waals surface area contributed by atoms with Crippen molar-refractivity contribution in [3.8, 4) is 5.75 Å². The van der Waals surface area contributed by atoms with Crippen LogP contribution in [0.2, 0.25) is 0 Å². The van der Waals surface area contributed by atoms with Crippen molar-refractivity contribution >= 4 is 11.9 Å². The third kappa shape index (κ3) is 3.73. The van der Waals surface area contributed by atoms with Gasteiger partial charge in [-0.05, 0) is 39.8 Å². The molecule has 0 atom stereocenters. The van der Waals surface area contributed by atoms with Crippen LogP contribution in [0.1, 0.15) is 26.3 Å². The number of aryl methyl sites for hydroxylation is 1. The summed E-state index contributed by atoms with van der Waals surface area (Å²) in [5.74, 6) is -0.795. The fraction of sp³-hybridized carbons (Fsp3) is 0.467. The second-order valence-corrected chi connectivity index (χ2v) is 5.10. The van der Waals surface area contributed by atoms with Crippen LogP contribution in [0.15, 0.2) is 24.3 Å². The maximum absolute atomic E-state index is 12.1. The van der Waals surface area contributed by atoms with Crippen LogP contribution in [0, 0.1) is 6.92 Å². The fourth-order valence-corrected chi connectivity index (χ4v) is 1.86. The van der Waals surface area contributed by atoms with Crippen LogP contribution < -0.4 is 4.74 Å². The molecule has 1 N–H and O–H groups in total. The highest BCUT2D eigenvalue weighted by Crippen LogP contribution is 2.16. The first-order valence-electron chi connectivity index (χ1n) is 6.52. The van der Waals surface area contributed by atoms with Crippen molar-refractivity contribution in [3.05, 3.63) is 29.8 Å². The lowest BCUT2D eigenvalue weighted by Crippen LogP contribution is -2.54. The summed E-state index contributed by atoms with van der Waals surface area (Å²) in [5.41, 5.74) is -0.145. The minimum Gasteiger partial charge on any atom is -0.484 e. The molecule has 0 aromatic heterocycles. The molecule has 0 heterocycles. The van der Waals surface area contributed by atoms with Crippen LogP contribution in [0.25, 0.3) is 0 Å². The van der Waals surface area contributed by atoms with Gasteiger partial charge in [0.25, 0.3) is 5.91 Å². The maximum atomic E-state index is 12.1. The lowest BCUT2D eigenvalue weighted by molar-refractivity contribution is -0.157. The van der Waals surface area contributed by atoms with Crippen LogP contribution in [0.4, 0.5) is 0 Å². The Morgan fingerprint density at radius 3 is 2.25 bits per heavy atom. The summed E-state index contributed by atoms with van der Waals surface area (Å²) in [6.45, 7) is 6.85. The molecule has 20 heavy (non-hydrogen) atoms. The summed E-state index contributed by atoms with van der Waals surface area (Å²) in [6.07, 6.45) is 0. The highest BCUT2D eigenvalue weighted by molar-refractivity contribution is 5.87. The Labute approximate surface area is 119 Å². The normalized spacial score (nSPS) is 11.0. The van der Waals surface area contributed by atoms with Gasteiger partial charge in [0, 0.05) is 6.54 Å². The molecule has 5 heteroatoms. The van der Waals surface area contributed by atoms with Gasteiger partial charge in [-0.1, -0.05) is 17.7 Å². The second-order valence-electron chi connectivity index (χ2n) is 5.10. The first-order chi connectivity index (χ1) is 9.28. The summed E-state index contributed by atoms with van der Waals surface area (Å²) in [6, 6.07) is 7.33. The van der Waals surface area contributed by atoms with Crippen LogP contribution in [0.3, 0.4) is 0 Å². The monoisotopic (exact) mass is 279 g/mol. The highest BCUT2D eigenvalue weighted by atomic mass is 16.5. The molecule has 0 spiro atoms. The predicted octanol–water partition coefficient (Wildman–Crippen LogP) is 2.09. The van der Waals surface area contributed by atoms with Gasteiger partial charge in [0.1, 0.15) is 11.3 Å². The average Bonchev–Trinajstić information content (AvgIpc) is 2.38. The average molecular weight is 279 g/mol. The van der Waals surface area contributed by atoms with E-state index >= 15 is 0 Å². The molecule has 1 aromatic rings. The van der Waals surface area contributed by atoms with E-state index in [9.17, 15) is 14.7 Å². The molecule has 0 aliphatic carbocycles. The Morgan fingerprint density at radius 2 is 1.80 bits per heavy atom. The van der Waals surface area contributed by atoms with Crippen molar-refractivity contribution in [2.75, 3.05) is 13.2 Å². The number of benzene rings is 1. The van der Waals surface area contributed by atoms with Gasteiger partial charge in [-0.3, -0.25) is 4.79 Å². The molecular formula is C15H21NO4. The van der Waals surface area contributed by atoms with E-state index in [0.717, 1.165) is 5.56 Å². The van der Waals surface area contributed by atoms with E-state index in [1.165, 1.54) is 18.7 Å². The van der Waals surface area contributed by atoms with Gasteiger partial charge in [-0.2, -0.15) is 0 Å². The van der Waals surface area contributed by atoms with Gasteiger partial charge in [0.15, 0.2) is 6.61 Å². The SMILES string of the molecule is CCN(C(=O)COc1ccc(C)cc1)C(C)(C)C(=O)O. The first kappa shape index (κ1) is 16.0. The lowest BCUT2D eigenvalue weighted by Gasteiger charge is -2.34. The van der Waals surface area contributed by atoms with Crippen LogP contribution in [-0.4, -0.2) is 40.6 Å². The summed E-state index contributed by atoms with van der Waals surface area (Å²) in [7, 11) is 0. The molecule has 0 bridgehead atoms. The number of carbonyl (C=O) groups is 2. The van der Waals surface area contributed by atoms with Gasteiger partial charge < -0.3 is 14.7 Å². The Hall–Kier alpha value is -2.04. The van der Waals surface area contributed by atoms with Gasteiger partial charge in [-0.15, -0.1) is 0 Å². The van der Waals surface area contributed by atoms with E-state index in [0.29, 0.717) is 12.3 Å². The standard InChI is InChI=1S/C15H21NO4/c1-5-16(15(3,4)14(18)19)13(17)10-20-12-8-6-11(2)7-9-12/h6-9H,5,10H2,1-4H3,(H,18,19). The van der Waals surface area contributed by atoms with Gasteiger partial charge in [0.2, 0.25) is 0 Å². The summed E-state index contributed by atoms with van der Waals surface area (Å²) in [4.78, 5) is 24.6. The number of nitrogens with zero attached hydrogens (tertiary/aromatic N) is 1. The molecule has 0 fully saturated rings. The Bertz CT molecular complexity index is 479. The number of ether oxygens (including phenoxy) is 1. The lowest BCUT2D eigenvalue weighted by atomic mass is 10.0. The summed E-state index contributed by atoms with van der Waals surface area (Å²) >= 11 is 0. The molecule has 5 nitrogen and oxygen atoms in total. The number of hydrogen-bond acceptors (Lipinski definition) is 3. The van der Waals surface area contributed by atoms with Crippen molar-refractivity contribution in [1.82, 2.24) is 4.90 Å². The minimum absolute atomic E-state index is 0.173. The minimum atomic E-state index is -1.25. The molecule has 1 amide bonds. The predicted molar refractivity (Wildman–Crippen MR) is 75.8 cm³/mol. The fourth-order valence-electron chi connectivity index (χ4n) is 1.86. The maximum Gasteiger partial charge on any atom is 0.329 e. The van der Waals surface area contributed by atoms with E-state index in [4.69, 9.17) is 4.74 Å². The topological polar surface area (TPSA) is 66.8 Å². The van der Waals surface area contributed by atoms with Crippen molar-refractivity contribution in [2.24, 2.45) is 0 Å².